The van der Waals surface area contributed by atoms with Crippen LogP contribution in [0, 0.1) is 5.41 Å². The van der Waals surface area contributed by atoms with Crippen LogP contribution in [-0.2, 0) is 6.54 Å². The van der Waals surface area contributed by atoms with E-state index in [0.29, 0.717) is 11.5 Å². The molecular weight excluding hydrogens is 240 g/mol. The first kappa shape index (κ1) is 14.0. The Labute approximate surface area is 115 Å². The Balaban J connectivity index is 2.03. The van der Waals surface area contributed by atoms with Crippen LogP contribution < -0.4 is 5.73 Å². The topological polar surface area (TPSA) is 29.3 Å². The highest BCUT2D eigenvalue weighted by molar-refractivity contribution is 7.07. The SMILES string of the molecule is CC(C)(C)CC(CN)N(Cc1ccsc1)C1CC1. The molecule has 0 radical (unpaired) electrons. The quantitative estimate of drug-likeness (QED) is 0.854. The second-order valence-corrected chi connectivity index (χ2v) is 7.47. The lowest BCUT2D eigenvalue weighted by atomic mass is 9.87. The van der Waals surface area contributed by atoms with Gasteiger partial charge >= 0.3 is 0 Å². The van der Waals surface area contributed by atoms with Crippen molar-refractivity contribution in [3.8, 4) is 0 Å². The van der Waals surface area contributed by atoms with Crippen LogP contribution in [0.2, 0.25) is 0 Å². The zero-order valence-electron chi connectivity index (χ0n) is 11.9. The number of hydrogen-bond acceptors (Lipinski definition) is 3. The van der Waals surface area contributed by atoms with Gasteiger partial charge in [-0.25, -0.2) is 0 Å². The molecule has 0 aromatic carbocycles. The van der Waals surface area contributed by atoms with Gasteiger partial charge in [0.25, 0.3) is 0 Å². The fourth-order valence-corrected chi connectivity index (χ4v) is 3.26. The van der Waals surface area contributed by atoms with E-state index in [1.807, 2.05) is 0 Å². The van der Waals surface area contributed by atoms with Gasteiger partial charge in [-0.3, -0.25) is 4.90 Å². The van der Waals surface area contributed by atoms with Crippen LogP contribution in [0.4, 0.5) is 0 Å². The molecular formula is C15H26N2S. The van der Waals surface area contributed by atoms with Gasteiger partial charge in [-0.1, -0.05) is 20.8 Å². The first-order chi connectivity index (χ1) is 8.49. The van der Waals surface area contributed by atoms with Crippen LogP contribution in [0.25, 0.3) is 0 Å². The minimum absolute atomic E-state index is 0.353. The number of nitrogens with zero attached hydrogens (tertiary/aromatic N) is 1. The van der Waals surface area contributed by atoms with Gasteiger partial charge in [0.1, 0.15) is 0 Å². The van der Waals surface area contributed by atoms with E-state index < -0.39 is 0 Å². The Bertz CT molecular complexity index is 349. The van der Waals surface area contributed by atoms with Crippen molar-refractivity contribution in [1.82, 2.24) is 4.90 Å². The van der Waals surface area contributed by atoms with Gasteiger partial charge in [0.05, 0.1) is 0 Å². The van der Waals surface area contributed by atoms with Crippen molar-refractivity contribution in [2.45, 2.75) is 58.7 Å². The summed E-state index contributed by atoms with van der Waals surface area (Å²) in [5.41, 5.74) is 7.83. The third kappa shape index (κ3) is 4.08. The molecule has 1 heterocycles. The number of nitrogens with two attached hydrogens (primary N) is 1. The second-order valence-electron chi connectivity index (χ2n) is 6.69. The summed E-state index contributed by atoms with van der Waals surface area (Å²) in [5, 5.41) is 4.43. The molecule has 102 valence electrons. The molecule has 1 atom stereocenters. The monoisotopic (exact) mass is 266 g/mol. The normalized spacial score (nSPS) is 18.3. The molecule has 3 heteroatoms. The Morgan fingerprint density at radius 2 is 2.17 bits per heavy atom. The lowest BCUT2D eigenvalue weighted by molar-refractivity contribution is 0.137. The molecule has 1 fully saturated rings. The van der Waals surface area contributed by atoms with Crippen molar-refractivity contribution in [2.75, 3.05) is 6.54 Å². The van der Waals surface area contributed by atoms with Gasteiger partial charge in [0.15, 0.2) is 0 Å². The molecule has 1 unspecified atom stereocenters. The first-order valence-corrected chi connectivity index (χ1v) is 7.91. The molecule has 2 nitrogen and oxygen atoms in total. The smallest absolute Gasteiger partial charge is 0.0248 e. The van der Waals surface area contributed by atoms with E-state index in [1.165, 1.54) is 24.8 Å². The standard InChI is InChI=1S/C15H26N2S/c1-15(2,3)8-14(9-16)17(13-4-5-13)10-12-6-7-18-11-12/h6-7,11,13-14H,4-5,8-10,16H2,1-3H3. The lowest BCUT2D eigenvalue weighted by Gasteiger charge is -2.35. The summed E-state index contributed by atoms with van der Waals surface area (Å²) in [7, 11) is 0. The molecule has 1 aromatic heterocycles. The van der Waals surface area contributed by atoms with E-state index in [1.54, 1.807) is 11.3 Å². The first-order valence-electron chi connectivity index (χ1n) is 6.96. The third-order valence-electron chi connectivity index (χ3n) is 3.55. The minimum atomic E-state index is 0.353. The molecule has 18 heavy (non-hydrogen) atoms. The predicted octanol–water partition coefficient (Wildman–Crippen LogP) is 3.48. The molecule has 1 aliphatic rings. The Morgan fingerprint density at radius 3 is 2.61 bits per heavy atom. The maximum Gasteiger partial charge on any atom is 0.0248 e. The molecule has 0 saturated heterocycles. The van der Waals surface area contributed by atoms with E-state index >= 15 is 0 Å². The fraction of sp³-hybridized carbons (Fsp3) is 0.733. The molecule has 2 N–H and O–H groups in total. The lowest BCUT2D eigenvalue weighted by Crippen LogP contribution is -2.43. The Morgan fingerprint density at radius 1 is 1.44 bits per heavy atom. The van der Waals surface area contributed by atoms with Gasteiger partial charge in [0, 0.05) is 25.2 Å². The number of rotatable bonds is 6. The number of hydrogen-bond donors (Lipinski definition) is 1. The zero-order chi connectivity index (χ0) is 13.2. The van der Waals surface area contributed by atoms with Crippen LogP contribution in [0.15, 0.2) is 16.8 Å². The highest BCUT2D eigenvalue weighted by Crippen LogP contribution is 2.34. The maximum absolute atomic E-state index is 6.04. The predicted molar refractivity (Wildman–Crippen MR) is 79.8 cm³/mol. The van der Waals surface area contributed by atoms with Gasteiger partial charge in [-0.2, -0.15) is 11.3 Å². The minimum Gasteiger partial charge on any atom is -0.329 e. The Hall–Kier alpha value is -0.380. The van der Waals surface area contributed by atoms with E-state index in [0.717, 1.165) is 19.1 Å². The summed E-state index contributed by atoms with van der Waals surface area (Å²) in [6, 6.07) is 3.54. The van der Waals surface area contributed by atoms with Gasteiger partial charge in [-0.15, -0.1) is 0 Å². The van der Waals surface area contributed by atoms with Crippen LogP contribution in [0.3, 0.4) is 0 Å². The molecule has 0 bridgehead atoms. The second kappa shape index (κ2) is 5.72. The Kier molecular flexibility index (Phi) is 4.46. The summed E-state index contributed by atoms with van der Waals surface area (Å²) >= 11 is 1.79. The molecule has 0 spiro atoms. The van der Waals surface area contributed by atoms with Crippen molar-refractivity contribution in [3.63, 3.8) is 0 Å². The largest absolute Gasteiger partial charge is 0.329 e. The molecule has 1 aromatic rings. The van der Waals surface area contributed by atoms with Crippen LogP contribution >= 0.6 is 11.3 Å². The summed E-state index contributed by atoms with van der Waals surface area (Å²) in [6.45, 7) is 8.78. The van der Waals surface area contributed by atoms with Crippen molar-refractivity contribution < 1.29 is 0 Å². The molecule has 1 aliphatic carbocycles. The summed E-state index contributed by atoms with van der Waals surface area (Å²) in [5.74, 6) is 0. The van der Waals surface area contributed by atoms with Crippen LogP contribution in [0.5, 0.6) is 0 Å². The van der Waals surface area contributed by atoms with E-state index in [9.17, 15) is 0 Å². The van der Waals surface area contributed by atoms with Gasteiger partial charge in [0.2, 0.25) is 0 Å². The van der Waals surface area contributed by atoms with E-state index in [4.69, 9.17) is 5.73 Å². The fourth-order valence-electron chi connectivity index (χ4n) is 2.60. The van der Waals surface area contributed by atoms with Gasteiger partial charge < -0.3 is 5.73 Å². The van der Waals surface area contributed by atoms with E-state index in [-0.39, 0.29) is 0 Å². The van der Waals surface area contributed by atoms with Crippen LogP contribution in [0.1, 0.15) is 45.6 Å². The summed E-state index contributed by atoms with van der Waals surface area (Å²) in [4.78, 5) is 2.65. The van der Waals surface area contributed by atoms with Crippen molar-refractivity contribution in [1.29, 1.82) is 0 Å². The maximum atomic E-state index is 6.04. The third-order valence-corrected chi connectivity index (χ3v) is 4.28. The average Bonchev–Trinajstić information content (AvgIpc) is 3.00. The zero-order valence-corrected chi connectivity index (χ0v) is 12.7. The number of thiophene rings is 1. The van der Waals surface area contributed by atoms with E-state index in [2.05, 4.69) is 42.5 Å². The van der Waals surface area contributed by atoms with Crippen molar-refractivity contribution in [3.05, 3.63) is 22.4 Å². The molecule has 1 saturated carbocycles. The molecule has 0 amide bonds. The highest BCUT2D eigenvalue weighted by Gasteiger charge is 2.34. The van der Waals surface area contributed by atoms with Crippen molar-refractivity contribution in [2.24, 2.45) is 11.1 Å². The average molecular weight is 266 g/mol. The van der Waals surface area contributed by atoms with Gasteiger partial charge in [-0.05, 0) is 47.1 Å². The summed E-state index contributed by atoms with van der Waals surface area (Å²) in [6.07, 6.45) is 3.89. The highest BCUT2D eigenvalue weighted by atomic mass is 32.1. The molecule has 0 aliphatic heterocycles. The van der Waals surface area contributed by atoms with Crippen LogP contribution in [-0.4, -0.2) is 23.5 Å². The molecule has 2 rings (SSSR count). The van der Waals surface area contributed by atoms with Crippen molar-refractivity contribution >= 4 is 11.3 Å². The summed E-state index contributed by atoms with van der Waals surface area (Å²) < 4.78 is 0.